The zero-order valence-corrected chi connectivity index (χ0v) is 13.4. The lowest BCUT2D eigenvalue weighted by Crippen LogP contribution is -2.47. The van der Waals surface area contributed by atoms with Gasteiger partial charge >= 0.3 is 12.1 Å². The van der Waals surface area contributed by atoms with Gasteiger partial charge < -0.3 is 26.4 Å². The Hall–Kier alpha value is -2.77. The van der Waals surface area contributed by atoms with E-state index in [2.05, 4.69) is 16.0 Å². The van der Waals surface area contributed by atoms with E-state index in [4.69, 9.17) is 10.5 Å². The molecule has 5 N–H and O–H groups in total. The van der Waals surface area contributed by atoms with Crippen LogP contribution in [0, 0.1) is 5.92 Å². The fraction of sp³-hybridized carbons (Fsp3) is 0.400. The molecule has 23 heavy (non-hydrogen) atoms. The molecule has 1 aromatic rings. The standard InChI is InChI=1S/C15H22N4O4/c1-4-23-15(22)19-12(9(2)3)13(20)17-10-6-5-7-11(8-10)18-14(16)21/h5-9,12H,4H2,1-3H3,(H,17,20)(H,19,22)(H3,16,18,21)/t12-/m0/s1. The average molecular weight is 322 g/mol. The Morgan fingerprint density at radius 1 is 1.17 bits per heavy atom. The third kappa shape index (κ3) is 6.25. The smallest absolute Gasteiger partial charge is 0.407 e. The second kappa shape index (κ2) is 8.62. The van der Waals surface area contributed by atoms with Gasteiger partial charge in [0, 0.05) is 11.4 Å². The lowest BCUT2D eigenvalue weighted by atomic mass is 10.0. The molecule has 0 heterocycles. The van der Waals surface area contributed by atoms with E-state index < -0.39 is 18.2 Å². The zero-order valence-electron chi connectivity index (χ0n) is 13.4. The van der Waals surface area contributed by atoms with Gasteiger partial charge in [-0.15, -0.1) is 0 Å². The van der Waals surface area contributed by atoms with Crippen LogP contribution in [0.25, 0.3) is 0 Å². The molecule has 1 rings (SSSR count). The third-order valence-corrected chi connectivity index (χ3v) is 2.90. The minimum Gasteiger partial charge on any atom is -0.450 e. The number of primary amides is 1. The van der Waals surface area contributed by atoms with Crippen molar-refractivity contribution in [1.29, 1.82) is 0 Å². The molecule has 0 aliphatic heterocycles. The summed E-state index contributed by atoms with van der Waals surface area (Å²) in [5.41, 5.74) is 5.97. The van der Waals surface area contributed by atoms with Crippen LogP contribution < -0.4 is 21.7 Å². The van der Waals surface area contributed by atoms with Gasteiger partial charge in [-0.3, -0.25) is 4.79 Å². The maximum absolute atomic E-state index is 12.3. The minimum absolute atomic E-state index is 0.133. The number of urea groups is 1. The number of carbonyl (C=O) groups excluding carboxylic acids is 3. The second-order valence-corrected chi connectivity index (χ2v) is 5.15. The average Bonchev–Trinajstić information content (AvgIpc) is 2.44. The van der Waals surface area contributed by atoms with E-state index in [-0.39, 0.29) is 18.4 Å². The van der Waals surface area contributed by atoms with E-state index in [1.165, 1.54) is 0 Å². The summed E-state index contributed by atoms with van der Waals surface area (Å²) in [7, 11) is 0. The lowest BCUT2D eigenvalue weighted by molar-refractivity contribution is -0.119. The van der Waals surface area contributed by atoms with Crippen molar-refractivity contribution in [2.75, 3.05) is 17.2 Å². The van der Waals surface area contributed by atoms with Crippen molar-refractivity contribution in [1.82, 2.24) is 5.32 Å². The van der Waals surface area contributed by atoms with Crippen LogP contribution in [0.3, 0.4) is 0 Å². The first kappa shape index (κ1) is 18.3. The molecular weight excluding hydrogens is 300 g/mol. The zero-order chi connectivity index (χ0) is 17.4. The number of benzene rings is 1. The van der Waals surface area contributed by atoms with Crippen LogP contribution >= 0.6 is 0 Å². The largest absolute Gasteiger partial charge is 0.450 e. The Kier molecular flexibility index (Phi) is 6.85. The van der Waals surface area contributed by atoms with Crippen LogP contribution in [-0.4, -0.2) is 30.7 Å². The number of nitrogens with one attached hydrogen (secondary N) is 3. The summed E-state index contributed by atoms with van der Waals surface area (Å²) in [6.07, 6.45) is -0.648. The molecule has 0 radical (unpaired) electrons. The number of anilines is 2. The van der Waals surface area contributed by atoms with E-state index in [1.807, 2.05) is 13.8 Å². The van der Waals surface area contributed by atoms with Gasteiger partial charge in [0.05, 0.1) is 6.61 Å². The van der Waals surface area contributed by atoms with Gasteiger partial charge in [0.25, 0.3) is 0 Å². The molecule has 1 atom stereocenters. The van der Waals surface area contributed by atoms with Gasteiger partial charge in [-0.25, -0.2) is 9.59 Å². The lowest BCUT2D eigenvalue weighted by Gasteiger charge is -2.21. The van der Waals surface area contributed by atoms with Gasteiger partial charge in [0.2, 0.25) is 5.91 Å². The number of carbonyl (C=O) groups is 3. The van der Waals surface area contributed by atoms with Gasteiger partial charge in [-0.1, -0.05) is 19.9 Å². The topological polar surface area (TPSA) is 123 Å². The van der Waals surface area contributed by atoms with E-state index in [9.17, 15) is 14.4 Å². The van der Waals surface area contributed by atoms with Crippen LogP contribution in [-0.2, 0) is 9.53 Å². The molecule has 0 aliphatic carbocycles. The Balaban J connectivity index is 2.78. The molecule has 1 aromatic carbocycles. The van der Waals surface area contributed by atoms with Crippen LogP contribution in [0.2, 0.25) is 0 Å². The number of alkyl carbamates (subject to hydrolysis) is 1. The molecule has 126 valence electrons. The molecule has 8 nitrogen and oxygen atoms in total. The van der Waals surface area contributed by atoms with E-state index in [0.717, 1.165) is 0 Å². The summed E-state index contributed by atoms with van der Waals surface area (Å²) in [6.45, 7) is 5.52. The molecule has 4 amide bonds. The van der Waals surface area contributed by atoms with Crippen molar-refractivity contribution in [3.05, 3.63) is 24.3 Å². The van der Waals surface area contributed by atoms with E-state index >= 15 is 0 Å². The van der Waals surface area contributed by atoms with Crippen molar-refractivity contribution >= 4 is 29.4 Å². The van der Waals surface area contributed by atoms with Gasteiger partial charge in [-0.05, 0) is 31.0 Å². The monoisotopic (exact) mass is 322 g/mol. The molecule has 0 aliphatic rings. The van der Waals surface area contributed by atoms with Crippen molar-refractivity contribution in [2.45, 2.75) is 26.8 Å². The second-order valence-electron chi connectivity index (χ2n) is 5.15. The summed E-state index contributed by atoms with van der Waals surface area (Å²) < 4.78 is 4.79. The fourth-order valence-corrected chi connectivity index (χ4v) is 1.87. The molecule has 0 saturated carbocycles. The van der Waals surface area contributed by atoms with E-state index in [0.29, 0.717) is 11.4 Å². The molecule has 0 fully saturated rings. The maximum atomic E-state index is 12.3. The predicted molar refractivity (Wildman–Crippen MR) is 87.1 cm³/mol. The molecule has 0 spiro atoms. The van der Waals surface area contributed by atoms with Crippen LogP contribution in [0.1, 0.15) is 20.8 Å². The first-order valence-corrected chi connectivity index (χ1v) is 7.24. The number of hydrogen-bond acceptors (Lipinski definition) is 4. The SMILES string of the molecule is CCOC(=O)N[C@H](C(=O)Nc1cccc(NC(N)=O)c1)C(C)C. The van der Waals surface area contributed by atoms with Crippen molar-refractivity contribution in [2.24, 2.45) is 11.7 Å². The Labute approximate surface area is 134 Å². The summed E-state index contributed by atoms with van der Waals surface area (Å²) >= 11 is 0. The highest BCUT2D eigenvalue weighted by Gasteiger charge is 2.24. The van der Waals surface area contributed by atoms with Gasteiger partial charge in [0.1, 0.15) is 6.04 Å². The Bertz CT molecular complexity index is 574. The van der Waals surface area contributed by atoms with Crippen LogP contribution in [0.4, 0.5) is 21.0 Å². The summed E-state index contributed by atoms with van der Waals surface area (Å²) in [4.78, 5) is 34.7. The Morgan fingerprint density at radius 2 is 1.78 bits per heavy atom. The quantitative estimate of drug-likeness (QED) is 0.638. The van der Waals surface area contributed by atoms with E-state index in [1.54, 1.807) is 31.2 Å². The fourth-order valence-electron chi connectivity index (χ4n) is 1.87. The predicted octanol–water partition coefficient (Wildman–Crippen LogP) is 1.89. The summed E-state index contributed by atoms with van der Waals surface area (Å²) in [5.74, 6) is -0.518. The molecule has 0 bridgehead atoms. The minimum atomic E-state index is -0.748. The highest BCUT2D eigenvalue weighted by molar-refractivity contribution is 5.97. The van der Waals surface area contributed by atoms with Crippen LogP contribution in [0.5, 0.6) is 0 Å². The van der Waals surface area contributed by atoms with Gasteiger partial charge in [0.15, 0.2) is 0 Å². The molecule has 0 unspecified atom stereocenters. The summed E-state index contributed by atoms with van der Waals surface area (Å²) in [5, 5.41) is 7.62. The highest BCUT2D eigenvalue weighted by atomic mass is 16.5. The maximum Gasteiger partial charge on any atom is 0.407 e. The molecule has 0 saturated heterocycles. The number of nitrogens with two attached hydrogens (primary N) is 1. The number of amides is 4. The normalized spacial score (nSPS) is 11.5. The Morgan fingerprint density at radius 3 is 2.30 bits per heavy atom. The first-order valence-electron chi connectivity index (χ1n) is 7.24. The van der Waals surface area contributed by atoms with Crippen molar-refractivity contribution in [3.8, 4) is 0 Å². The van der Waals surface area contributed by atoms with Crippen molar-refractivity contribution < 1.29 is 19.1 Å². The molecule has 8 heteroatoms. The summed E-state index contributed by atoms with van der Waals surface area (Å²) in [6, 6.07) is 5.07. The third-order valence-electron chi connectivity index (χ3n) is 2.90. The number of hydrogen-bond donors (Lipinski definition) is 4. The van der Waals surface area contributed by atoms with Gasteiger partial charge in [-0.2, -0.15) is 0 Å². The van der Waals surface area contributed by atoms with Crippen LogP contribution in [0.15, 0.2) is 24.3 Å². The number of rotatable bonds is 6. The molecule has 0 aromatic heterocycles. The first-order chi connectivity index (χ1) is 10.8. The van der Waals surface area contributed by atoms with Crippen molar-refractivity contribution in [3.63, 3.8) is 0 Å². The highest BCUT2D eigenvalue weighted by Crippen LogP contribution is 2.16. The number of ether oxygens (including phenoxy) is 1. The molecular formula is C15H22N4O4.